The smallest absolute Gasteiger partial charge is 0.234 e. The van der Waals surface area contributed by atoms with E-state index in [4.69, 9.17) is 23.2 Å². The second-order valence-electron chi connectivity index (χ2n) is 5.63. The van der Waals surface area contributed by atoms with Crippen LogP contribution in [-0.2, 0) is 18.4 Å². The van der Waals surface area contributed by atoms with E-state index < -0.39 is 0 Å². The van der Waals surface area contributed by atoms with Crippen LogP contribution in [0, 0.1) is 0 Å². The Balaban J connectivity index is 1.53. The van der Waals surface area contributed by atoms with Gasteiger partial charge in [-0.05, 0) is 36.4 Å². The molecule has 0 fully saturated rings. The Bertz CT molecular complexity index is 930. The first kappa shape index (κ1) is 19.5. The summed E-state index contributed by atoms with van der Waals surface area (Å²) in [5, 5.41) is 16.2. The predicted molar refractivity (Wildman–Crippen MR) is 111 cm³/mol. The summed E-state index contributed by atoms with van der Waals surface area (Å²) in [6, 6.07) is 14.5. The molecule has 0 radical (unpaired) electrons. The highest BCUT2D eigenvalue weighted by molar-refractivity contribution is 7.99. The van der Waals surface area contributed by atoms with Crippen molar-refractivity contribution in [3.8, 4) is 0 Å². The monoisotopic (exact) mass is 421 g/mol. The van der Waals surface area contributed by atoms with Crippen LogP contribution in [0.2, 0.25) is 10.0 Å². The number of para-hydroxylation sites is 1. The lowest BCUT2D eigenvalue weighted by Gasteiger charge is -2.08. The van der Waals surface area contributed by atoms with Gasteiger partial charge in [-0.25, -0.2) is 0 Å². The zero-order valence-corrected chi connectivity index (χ0v) is 16.8. The predicted octanol–water partition coefficient (Wildman–Crippen LogP) is 4.46. The first-order valence-corrected chi connectivity index (χ1v) is 9.82. The maximum atomic E-state index is 12.1. The van der Waals surface area contributed by atoms with E-state index in [2.05, 4.69) is 20.8 Å². The third-order valence-electron chi connectivity index (χ3n) is 3.70. The Morgan fingerprint density at radius 2 is 1.85 bits per heavy atom. The number of carbonyl (C=O) groups excluding carboxylic acids is 1. The van der Waals surface area contributed by atoms with Gasteiger partial charge in [0.05, 0.1) is 23.0 Å². The number of hydrogen-bond acceptors (Lipinski definition) is 5. The third kappa shape index (κ3) is 5.38. The van der Waals surface area contributed by atoms with Gasteiger partial charge < -0.3 is 15.2 Å². The van der Waals surface area contributed by atoms with Crippen molar-refractivity contribution < 1.29 is 4.79 Å². The highest BCUT2D eigenvalue weighted by Gasteiger charge is 2.12. The minimum Gasteiger partial charge on any atom is -0.378 e. The molecule has 0 saturated heterocycles. The number of halogens is 2. The maximum Gasteiger partial charge on any atom is 0.234 e. The lowest BCUT2D eigenvalue weighted by atomic mass is 10.3. The summed E-state index contributed by atoms with van der Waals surface area (Å²) in [4.78, 5) is 12.1. The van der Waals surface area contributed by atoms with Crippen LogP contribution in [0.3, 0.4) is 0 Å². The molecule has 0 unspecified atom stereocenters. The Hall–Kier alpha value is -2.22. The highest BCUT2D eigenvalue weighted by Crippen LogP contribution is 2.22. The van der Waals surface area contributed by atoms with Crippen molar-refractivity contribution in [2.75, 3.05) is 16.4 Å². The van der Waals surface area contributed by atoms with Crippen LogP contribution < -0.4 is 10.6 Å². The molecule has 1 heterocycles. The molecule has 1 amide bonds. The molecule has 140 valence electrons. The molecular formula is C18H17Cl2N5OS. The molecule has 6 nitrogen and oxygen atoms in total. The van der Waals surface area contributed by atoms with Crippen molar-refractivity contribution in [1.29, 1.82) is 0 Å². The van der Waals surface area contributed by atoms with E-state index in [1.165, 1.54) is 11.8 Å². The number of hydrogen-bond donors (Lipinski definition) is 2. The van der Waals surface area contributed by atoms with Crippen molar-refractivity contribution in [3.63, 3.8) is 0 Å². The van der Waals surface area contributed by atoms with Crippen molar-refractivity contribution in [2.24, 2.45) is 7.05 Å². The van der Waals surface area contributed by atoms with Gasteiger partial charge in [-0.3, -0.25) is 4.79 Å². The Morgan fingerprint density at radius 1 is 1.11 bits per heavy atom. The summed E-state index contributed by atoms with van der Waals surface area (Å²) >= 11 is 13.2. The number of anilines is 2. The van der Waals surface area contributed by atoms with Gasteiger partial charge in [-0.15, -0.1) is 10.2 Å². The van der Waals surface area contributed by atoms with Gasteiger partial charge in [-0.1, -0.05) is 47.1 Å². The summed E-state index contributed by atoms with van der Waals surface area (Å²) < 4.78 is 1.86. The van der Waals surface area contributed by atoms with E-state index in [1.807, 2.05) is 48.0 Å². The van der Waals surface area contributed by atoms with Gasteiger partial charge in [0.1, 0.15) is 0 Å². The molecule has 1 aromatic heterocycles. The second kappa shape index (κ2) is 9.12. The first-order chi connectivity index (χ1) is 13.0. The lowest BCUT2D eigenvalue weighted by Crippen LogP contribution is -2.15. The molecule has 3 rings (SSSR count). The summed E-state index contributed by atoms with van der Waals surface area (Å²) in [5.74, 6) is 0.817. The summed E-state index contributed by atoms with van der Waals surface area (Å²) in [6.45, 7) is 0.511. The summed E-state index contributed by atoms with van der Waals surface area (Å²) in [6.07, 6.45) is 0. The van der Waals surface area contributed by atoms with Crippen LogP contribution in [0.5, 0.6) is 0 Å². The SMILES string of the molecule is Cn1c(CNc2ccc(Cl)cc2)nnc1SCC(=O)Nc1ccccc1Cl. The normalized spacial score (nSPS) is 10.6. The molecule has 0 saturated carbocycles. The molecular weight excluding hydrogens is 405 g/mol. The molecule has 0 aliphatic heterocycles. The van der Waals surface area contributed by atoms with Crippen LogP contribution in [0.15, 0.2) is 53.7 Å². The second-order valence-corrected chi connectivity index (χ2v) is 7.42. The minimum absolute atomic E-state index is 0.156. The summed E-state index contributed by atoms with van der Waals surface area (Å²) in [5.41, 5.74) is 1.53. The molecule has 2 N–H and O–H groups in total. The topological polar surface area (TPSA) is 71.8 Å². The number of thioether (sulfide) groups is 1. The fourth-order valence-electron chi connectivity index (χ4n) is 2.25. The van der Waals surface area contributed by atoms with Gasteiger partial charge >= 0.3 is 0 Å². The van der Waals surface area contributed by atoms with E-state index in [1.54, 1.807) is 12.1 Å². The van der Waals surface area contributed by atoms with Gasteiger partial charge in [-0.2, -0.15) is 0 Å². The standard InChI is InChI=1S/C18H17Cl2N5OS/c1-25-16(10-21-13-8-6-12(19)7-9-13)23-24-18(25)27-11-17(26)22-15-5-3-2-4-14(15)20/h2-9,21H,10-11H2,1H3,(H,22,26). The number of benzene rings is 2. The van der Waals surface area contributed by atoms with E-state index in [9.17, 15) is 4.79 Å². The lowest BCUT2D eigenvalue weighted by molar-refractivity contribution is -0.113. The van der Waals surface area contributed by atoms with Crippen LogP contribution >= 0.6 is 35.0 Å². The minimum atomic E-state index is -0.156. The number of nitrogens with zero attached hydrogens (tertiary/aromatic N) is 3. The number of carbonyl (C=O) groups is 1. The van der Waals surface area contributed by atoms with Crippen LogP contribution in [-0.4, -0.2) is 26.4 Å². The number of aromatic nitrogens is 3. The van der Waals surface area contributed by atoms with Gasteiger partial charge in [0.2, 0.25) is 5.91 Å². The van der Waals surface area contributed by atoms with Gasteiger partial charge in [0, 0.05) is 17.8 Å². The van der Waals surface area contributed by atoms with Gasteiger partial charge in [0.15, 0.2) is 11.0 Å². The van der Waals surface area contributed by atoms with Crippen molar-refractivity contribution in [3.05, 3.63) is 64.4 Å². The molecule has 3 aromatic rings. The van der Waals surface area contributed by atoms with E-state index in [0.29, 0.717) is 27.4 Å². The van der Waals surface area contributed by atoms with Gasteiger partial charge in [0.25, 0.3) is 0 Å². The van der Waals surface area contributed by atoms with Crippen LogP contribution in [0.1, 0.15) is 5.82 Å². The summed E-state index contributed by atoms with van der Waals surface area (Å²) in [7, 11) is 1.87. The average Bonchev–Trinajstić information content (AvgIpc) is 3.01. The van der Waals surface area contributed by atoms with Crippen LogP contribution in [0.25, 0.3) is 0 Å². The number of amides is 1. The largest absolute Gasteiger partial charge is 0.378 e. The zero-order chi connectivity index (χ0) is 19.2. The Morgan fingerprint density at radius 3 is 2.59 bits per heavy atom. The van der Waals surface area contributed by atoms with Crippen molar-refractivity contribution >= 4 is 52.2 Å². The molecule has 0 aliphatic carbocycles. The Labute approximate surface area is 171 Å². The van der Waals surface area contributed by atoms with Crippen LogP contribution in [0.4, 0.5) is 11.4 Å². The highest BCUT2D eigenvalue weighted by atomic mass is 35.5. The fraction of sp³-hybridized carbons (Fsp3) is 0.167. The molecule has 0 aliphatic rings. The third-order valence-corrected chi connectivity index (χ3v) is 5.30. The number of nitrogens with one attached hydrogen (secondary N) is 2. The fourth-order valence-corrected chi connectivity index (χ4v) is 3.29. The van der Waals surface area contributed by atoms with Crippen molar-refractivity contribution in [1.82, 2.24) is 14.8 Å². The average molecular weight is 422 g/mol. The first-order valence-electron chi connectivity index (χ1n) is 8.08. The molecule has 0 spiro atoms. The quantitative estimate of drug-likeness (QED) is 0.550. The van der Waals surface area contributed by atoms with E-state index in [0.717, 1.165) is 11.5 Å². The van der Waals surface area contributed by atoms with Crippen molar-refractivity contribution in [2.45, 2.75) is 11.7 Å². The maximum absolute atomic E-state index is 12.1. The van der Waals surface area contributed by atoms with E-state index in [-0.39, 0.29) is 11.7 Å². The van der Waals surface area contributed by atoms with E-state index >= 15 is 0 Å². The molecule has 2 aromatic carbocycles. The molecule has 0 bridgehead atoms. The molecule has 0 atom stereocenters. The molecule has 9 heteroatoms. The molecule has 27 heavy (non-hydrogen) atoms. The Kier molecular flexibility index (Phi) is 6.60. The number of rotatable bonds is 7. The zero-order valence-electron chi connectivity index (χ0n) is 14.4.